The minimum Gasteiger partial charge on any atom is -0.478 e. The Kier molecular flexibility index (Phi) is 4.16. The molecule has 2 aromatic rings. The van der Waals surface area contributed by atoms with E-state index in [2.05, 4.69) is 9.36 Å². The van der Waals surface area contributed by atoms with Crippen LogP contribution in [-0.4, -0.2) is 20.4 Å². The Morgan fingerprint density at radius 2 is 2.21 bits per heavy atom. The second-order valence-corrected chi connectivity index (χ2v) is 6.19. The van der Waals surface area contributed by atoms with Crippen LogP contribution in [0, 0.1) is 5.82 Å². The molecule has 0 saturated carbocycles. The fourth-order valence-electron chi connectivity index (χ4n) is 1.33. The molecule has 19 heavy (non-hydrogen) atoms. The Morgan fingerprint density at radius 1 is 1.47 bits per heavy atom. The number of hydrogen-bond donors (Lipinski definition) is 1. The Labute approximate surface area is 117 Å². The molecule has 0 fully saturated rings. The number of nitrogens with zero attached hydrogens (tertiary/aromatic N) is 2. The molecule has 1 aromatic carbocycles. The van der Waals surface area contributed by atoms with Crippen LogP contribution in [0.15, 0.2) is 27.4 Å². The maximum atomic E-state index is 13.3. The fraction of sp³-hybridized carbons (Fsp3) is 0.250. The van der Waals surface area contributed by atoms with Crippen LogP contribution in [-0.2, 0) is 0 Å². The summed E-state index contributed by atoms with van der Waals surface area (Å²) in [6, 6.07) is 3.98. The van der Waals surface area contributed by atoms with Crippen molar-refractivity contribution in [2.75, 3.05) is 0 Å². The van der Waals surface area contributed by atoms with Gasteiger partial charge in [0, 0.05) is 10.8 Å². The topological polar surface area (TPSA) is 63.1 Å². The number of benzene rings is 1. The lowest BCUT2D eigenvalue weighted by Crippen LogP contribution is -2.00. The standard InChI is InChI=1S/C12H11FN2O2S2/c1-6(2)10-14-12(19-15-10)18-7-3-4-9(13)8(5-7)11(16)17/h3-6H,1-2H3,(H,16,17). The second-order valence-electron chi connectivity index (χ2n) is 4.12. The second kappa shape index (κ2) is 5.66. The van der Waals surface area contributed by atoms with Crippen molar-refractivity contribution in [3.8, 4) is 0 Å². The third-order valence-electron chi connectivity index (χ3n) is 2.31. The zero-order chi connectivity index (χ0) is 14.0. The van der Waals surface area contributed by atoms with Crippen molar-refractivity contribution in [3.05, 3.63) is 35.4 Å². The van der Waals surface area contributed by atoms with Gasteiger partial charge in [-0.1, -0.05) is 25.6 Å². The number of rotatable bonds is 4. The number of hydrogen-bond acceptors (Lipinski definition) is 5. The third-order valence-corrected chi connectivity index (χ3v) is 4.07. The molecule has 0 saturated heterocycles. The van der Waals surface area contributed by atoms with Crippen molar-refractivity contribution in [3.63, 3.8) is 0 Å². The van der Waals surface area contributed by atoms with Gasteiger partial charge in [0.1, 0.15) is 11.6 Å². The smallest absolute Gasteiger partial charge is 0.338 e. The molecule has 1 aromatic heterocycles. The summed E-state index contributed by atoms with van der Waals surface area (Å²) in [5.41, 5.74) is -0.335. The third kappa shape index (κ3) is 3.30. The van der Waals surface area contributed by atoms with E-state index in [1.807, 2.05) is 13.8 Å². The van der Waals surface area contributed by atoms with Gasteiger partial charge in [0.25, 0.3) is 0 Å². The van der Waals surface area contributed by atoms with Gasteiger partial charge >= 0.3 is 5.97 Å². The molecular weight excluding hydrogens is 287 g/mol. The molecular formula is C12H11FN2O2S2. The van der Waals surface area contributed by atoms with Gasteiger partial charge in [0.2, 0.25) is 0 Å². The highest BCUT2D eigenvalue weighted by Gasteiger charge is 2.13. The Hall–Kier alpha value is -1.47. The normalized spacial score (nSPS) is 10.9. The van der Waals surface area contributed by atoms with Crippen LogP contribution in [0.5, 0.6) is 0 Å². The summed E-state index contributed by atoms with van der Waals surface area (Å²) < 4.78 is 18.2. The first-order chi connectivity index (χ1) is 8.97. The van der Waals surface area contributed by atoms with Crippen LogP contribution in [0.2, 0.25) is 0 Å². The minimum absolute atomic E-state index is 0.244. The van der Waals surface area contributed by atoms with E-state index < -0.39 is 11.8 Å². The summed E-state index contributed by atoms with van der Waals surface area (Å²) in [5, 5.41) is 8.86. The molecule has 0 radical (unpaired) electrons. The number of carboxylic acid groups (broad SMARTS) is 1. The lowest BCUT2D eigenvalue weighted by atomic mass is 10.2. The number of carboxylic acids is 1. The van der Waals surface area contributed by atoms with Crippen LogP contribution in [0.3, 0.4) is 0 Å². The molecule has 0 unspecified atom stereocenters. The van der Waals surface area contributed by atoms with Gasteiger partial charge in [-0.05, 0) is 29.7 Å². The molecule has 0 bridgehead atoms. The molecule has 0 amide bonds. The summed E-state index contributed by atoms with van der Waals surface area (Å²) >= 11 is 2.53. The summed E-state index contributed by atoms with van der Waals surface area (Å²) in [6.07, 6.45) is 0. The van der Waals surface area contributed by atoms with E-state index in [-0.39, 0.29) is 11.5 Å². The Balaban J connectivity index is 2.23. The first kappa shape index (κ1) is 14.0. The van der Waals surface area contributed by atoms with Crippen LogP contribution in [0.4, 0.5) is 4.39 Å². The predicted molar refractivity (Wildman–Crippen MR) is 71.5 cm³/mol. The highest BCUT2D eigenvalue weighted by Crippen LogP contribution is 2.31. The largest absolute Gasteiger partial charge is 0.478 e. The molecule has 100 valence electrons. The van der Waals surface area contributed by atoms with Gasteiger partial charge in [-0.15, -0.1) is 0 Å². The minimum atomic E-state index is -1.28. The zero-order valence-electron chi connectivity index (χ0n) is 10.3. The average molecular weight is 298 g/mol. The average Bonchev–Trinajstić information content (AvgIpc) is 2.80. The fourth-order valence-corrected chi connectivity index (χ4v) is 3.09. The monoisotopic (exact) mass is 298 g/mol. The van der Waals surface area contributed by atoms with Gasteiger partial charge in [-0.2, -0.15) is 4.37 Å². The molecule has 4 nitrogen and oxygen atoms in total. The molecule has 1 N–H and O–H groups in total. The number of aromatic nitrogens is 2. The van der Waals surface area contributed by atoms with Crippen LogP contribution in [0.1, 0.15) is 35.9 Å². The van der Waals surface area contributed by atoms with Crippen molar-refractivity contribution < 1.29 is 14.3 Å². The lowest BCUT2D eigenvalue weighted by molar-refractivity contribution is 0.0691. The first-order valence-electron chi connectivity index (χ1n) is 5.51. The van der Waals surface area contributed by atoms with E-state index in [0.717, 1.165) is 11.9 Å². The van der Waals surface area contributed by atoms with Crippen molar-refractivity contribution in [1.82, 2.24) is 9.36 Å². The molecule has 1 heterocycles. The van der Waals surface area contributed by atoms with E-state index in [1.54, 1.807) is 0 Å². The van der Waals surface area contributed by atoms with Crippen LogP contribution >= 0.6 is 23.3 Å². The Morgan fingerprint density at radius 3 is 2.79 bits per heavy atom. The molecule has 7 heteroatoms. The van der Waals surface area contributed by atoms with Crippen LogP contribution < -0.4 is 0 Å². The maximum absolute atomic E-state index is 13.3. The number of halogens is 1. The first-order valence-corrected chi connectivity index (χ1v) is 7.10. The maximum Gasteiger partial charge on any atom is 0.338 e. The number of carbonyl (C=O) groups is 1. The predicted octanol–water partition coefficient (Wildman–Crippen LogP) is 3.65. The molecule has 0 aliphatic rings. The molecule has 0 aliphatic carbocycles. The zero-order valence-corrected chi connectivity index (χ0v) is 11.9. The van der Waals surface area contributed by atoms with Crippen molar-refractivity contribution in [2.24, 2.45) is 0 Å². The van der Waals surface area contributed by atoms with Gasteiger partial charge < -0.3 is 5.11 Å². The van der Waals surface area contributed by atoms with Crippen molar-refractivity contribution in [2.45, 2.75) is 29.0 Å². The van der Waals surface area contributed by atoms with E-state index in [1.165, 1.54) is 35.4 Å². The van der Waals surface area contributed by atoms with E-state index in [9.17, 15) is 9.18 Å². The van der Waals surface area contributed by atoms with E-state index in [4.69, 9.17) is 5.11 Å². The lowest BCUT2D eigenvalue weighted by Gasteiger charge is -2.01. The molecule has 2 rings (SSSR count). The van der Waals surface area contributed by atoms with Gasteiger partial charge in [-0.3, -0.25) is 0 Å². The van der Waals surface area contributed by atoms with Crippen molar-refractivity contribution >= 4 is 29.3 Å². The summed E-state index contributed by atoms with van der Waals surface area (Å²) in [6.45, 7) is 3.99. The SMILES string of the molecule is CC(C)c1nsc(Sc2ccc(F)c(C(=O)O)c2)n1. The summed E-state index contributed by atoms with van der Waals surface area (Å²) in [4.78, 5) is 15.8. The van der Waals surface area contributed by atoms with Crippen molar-refractivity contribution in [1.29, 1.82) is 0 Å². The van der Waals surface area contributed by atoms with Gasteiger partial charge in [0.05, 0.1) is 5.56 Å². The van der Waals surface area contributed by atoms with Crippen LogP contribution in [0.25, 0.3) is 0 Å². The summed E-state index contributed by atoms with van der Waals surface area (Å²) in [5.74, 6) is -1.02. The number of aromatic carboxylic acids is 1. The van der Waals surface area contributed by atoms with E-state index >= 15 is 0 Å². The van der Waals surface area contributed by atoms with Gasteiger partial charge in [0.15, 0.2) is 4.34 Å². The molecule has 0 atom stereocenters. The summed E-state index contributed by atoms with van der Waals surface area (Å²) in [7, 11) is 0. The van der Waals surface area contributed by atoms with Gasteiger partial charge in [-0.25, -0.2) is 14.2 Å². The molecule has 0 aliphatic heterocycles. The highest BCUT2D eigenvalue weighted by atomic mass is 32.2. The Bertz CT molecular complexity index is 614. The highest BCUT2D eigenvalue weighted by molar-refractivity contribution is 8.01. The quantitative estimate of drug-likeness (QED) is 0.933. The molecule has 0 spiro atoms. The van der Waals surface area contributed by atoms with E-state index in [0.29, 0.717) is 9.24 Å².